The molecule has 0 atom stereocenters. The number of carbonyl (C=O) groups is 2. The molecule has 3 N–H and O–H groups in total. The highest BCUT2D eigenvalue weighted by molar-refractivity contribution is 6.14. The number of carbonyl (C=O) groups excluding carboxylic acids is 2. The molecule has 0 saturated heterocycles. The van der Waals surface area contributed by atoms with Crippen molar-refractivity contribution in [1.82, 2.24) is 20.3 Å². The van der Waals surface area contributed by atoms with Crippen LogP contribution in [0.1, 0.15) is 20.8 Å². The molecule has 2 amide bonds. The summed E-state index contributed by atoms with van der Waals surface area (Å²) in [5, 5.41) is 18.0. The zero-order chi connectivity index (χ0) is 31.9. The van der Waals surface area contributed by atoms with Gasteiger partial charge in [0.15, 0.2) is 11.2 Å². The fourth-order valence-corrected chi connectivity index (χ4v) is 4.99. The van der Waals surface area contributed by atoms with Gasteiger partial charge in [-0.25, -0.2) is 19.7 Å². The maximum atomic E-state index is 12.7. The molecule has 226 valence electrons. The van der Waals surface area contributed by atoms with Gasteiger partial charge in [-0.05, 0) is 57.9 Å². The van der Waals surface area contributed by atoms with E-state index in [1.165, 1.54) is 6.20 Å². The number of benzene rings is 4. The number of aliphatic hydroxyl groups is 1. The number of aliphatic hydroxyl groups excluding tert-OH is 1. The molecule has 7 rings (SSSR count). The normalized spacial score (nSPS) is 10.7. The van der Waals surface area contributed by atoms with E-state index in [0.29, 0.717) is 22.7 Å². The van der Waals surface area contributed by atoms with Gasteiger partial charge in [0.25, 0.3) is 11.8 Å². The van der Waals surface area contributed by atoms with Crippen molar-refractivity contribution in [2.24, 2.45) is 0 Å². The summed E-state index contributed by atoms with van der Waals surface area (Å²) in [7, 11) is 0. The molecule has 3 heterocycles. The van der Waals surface area contributed by atoms with E-state index in [1.54, 1.807) is 36.5 Å². The Hall–Kier alpha value is -6.26. The zero-order valence-electron chi connectivity index (χ0n) is 24.4. The van der Waals surface area contributed by atoms with Gasteiger partial charge in [0.05, 0.1) is 12.3 Å². The van der Waals surface area contributed by atoms with Crippen LogP contribution in [0.3, 0.4) is 0 Å². The molecule has 0 aliphatic carbocycles. The quantitative estimate of drug-likeness (QED) is 0.220. The molecule has 0 fully saturated rings. The Balaban J connectivity index is 0.000000164. The Morgan fingerprint density at radius 3 is 2.20 bits per heavy atom. The Morgan fingerprint density at radius 2 is 1.39 bits per heavy atom. The Kier molecular flexibility index (Phi) is 8.80. The maximum Gasteiger partial charge on any atom is 0.365 e. The van der Waals surface area contributed by atoms with Crippen molar-refractivity contribution in [1.29, 1.82) is 0 Å². The molecule has 0 bridgehead atoms. The number of rotatable bonds is 6. The second-order valence-electron chi connectivity index (χ2n) is 10.1. The van der Waals surface area contributed by atoms with Crippen LogP contribution in [-0.4, -0.2) is 45.0 Å². The van der Waals surface area contributed by atoms with Crippen molar-refractivity contribution >= 4 is 50.1 Å². The van der Waals surface area contributed by atoms with E-state index in [9.17, 15) is 14.4 Å². The van der Waals surface area contributed by atoms with Gasteiger partial charge < -0.3 is 20.2 Å². The topological polar surface area (TPSA) is 147 Å². The molecule has 7 aromatic rings. The van der Waals surface area contributed by atoms with Crippen LogP contribution >= 0.6 is 0 Å². The minimum absolute atomic E-state index is 0.101. The van der Waals surface area contributed by atoms with Gasteiger partial charge in [-0.15, -0.1) is 0 Å². The number of aromatic nitrogens is 3. The molecule has 0 aliphatic heterocycles. The largest absolute Gasteiger partial charge is 0.402 e. The van der Waals surface area contributed by atoms with Gasteiger partial charge in [0.2, 0.25) is 5.89 Å². The van der Waals surface area contributed by atoms with E-state index < -0.39 is 11.5 Å². The Bertz CT molecular complexity index is 2260. The number of nitrogens with zero attached hydrogens (tertiary/aromatic N) is 3. The van der Waals surface area contributed by atoms with E-state index in [0.717, 1.165) is 27.1 Å². The predicted molar refractivity (Wildman–Crippen MR) is 177 cm³/mol. The van der Waals surface area contributed by atoms with Crippen LogP contribution in [0.2, 0.25) is 0 Å². The minimum Gasteiger partial charge on any atom is -0.402 e. The average molecular weight is 610 g/mol. The highest BCUT2D eigenvalue weighted by Crippen LogP contribution is 2.27. The first-order valence-corrected chi connectivity index (χ1v) is 14.4. The third kappa shape index (κ3) is 6.33. The first kappa shape index (κ1) is 29.8. The number of anilines is 1. The van der Waals surface area contributed by atoms with Crippen molar-refractivity contribution < 1.29 is 19.1 Å². The van der Waals surface area contributed by atoms with E-state index in [-0.39, 0.29) is 30.3 Å². The number of hydrogen-bond acceptors (Lipinski definition) is 8. The molecule has 3 aromatic heterocycles. The molecule has 0 radical (unpaired) electrons. The molecule has 0 unspecified atom stereocenters. The van der Waals surface area contributed by atoms with Gasteiger partial charge in [0, 0.05) is 30.1 Å². The lowest BCUT2D eigenvalue weighted by Crippen LogP contribution is -2.28. The van der Waals surface area contributed by atoms with Crippen molar-refractivity contribution in [2.45, 2.75) is 0 Å². The number of hydrogen-bond donors (Lipinski definition) is 3. The van der Waals surface area contributed by atoms with Gasteiger partial charge in [0.1, 0.15) is 5.52 Å². The lowest BCUT2D eigenvalue weighted by atomic mass is 10.0. The average Bonchev–Trinajstić information content (AvgIpc) is 3.10. The summed E-state index contributed by atoms with van der Waals surface area (Å²) in [4.78, 5) is 49.3. The Morgan fingerprint density at radius 1 is 0.717 bits per heavy atom. The third-order valence-corrected chi connectivity index (χ3v) is 7.11. The summed E-state index contributed by atoms with van der Waals surface area (Å²) in [6.07, 6.45) is 3.03. The van der Waals surface area contributed by atoms with Gasteiger partial charge in [-0.2, -0.15) is 0 Å². The molecule has 46 heavy (non-hydrogen) atoms. The summed E-state index contributed by atoms with van der Waals surface area (Å²) >= 11 is 0. The first-order chi connectivity index (χ1) is 22.5. The first-order valence-electron chi connectivity index (χ1n) is 14.4. The summed E-state index contributed by atoms with van der Waals surface area (Å²) < 4.78 is 5.36. The molecular formula is C36H27N5O5. The van der Waals surface area contributed by atoms with Crippen LogP contribution in [0.15, 0.2) is 131 Å². The van der Waals surface area contributed by atoms with Crippen LogP contribution < -0.4 is 16.3 Å². The fraction of sp³-hybridized carbons (Fsp3) is 0.0556. The van der Waals surface area contributed by atoms with E-state index >= 15 is 0 Å². The number of pyridine rings is 2. The maximum absolute atomic E-state index is 12.7. The minimum atomic E-state index is -0.469. The van der Waals surface area contributed by atoms with E-state index in [2.05, 4.69) is 25.6 Å². The van der Waals surface area contributed by atoms with Crippen molar-refractivity contribution in [3.8, 4) is 11.5 Å². The second-order valence-corrected chi connectivity index (χ2v) is 10.1. The highest BCUT2D eigenvalue weighted by atomic mass is 16.4. The van der Waals surface area contributed by atoms with Crippen molar-refractivity contribution in [2.75, 3.05) is 18.5 Å². The summed E-state index contributed by atoms with van der Waals surface area (Å²) in [5.41, 5.74) is 2.06. The number of amides is 2. The van der Waals surface area contributed by atoms with Crippen molar-refractivity contribution in [3.63, 3.8) is 0 Å². The number of fused-ring (bicyclic) bond motifs is 3. The zero-order valence-corrected chi connectivity index (χ0v) is 24.4. The predicted octanol–water partition coefficient (Wildman–Crippen LogP) is 5.61. The SMILES string of the molecule is O=C(NCCO)c1ncccc1NC(=O)c1cccc2ccccc12.O=c1oc(-c2cccc3ccccc23)nc2cccnc12. The lowest BCUT2D eigenvalue weighted by molar-refractivity contribution is 0.0940. The van der Waals surface area contributed by atoms with Crippen LogP contribution in [0, 0.1) is 0 Å². The molecule has 0 aliphatic rings. The van der Waals surface area contributed by atoms with Crippen LogP contribution in [0.4, 0.5) is 5.69 Å². The van der Waals surface area contributed by atoms with Crippen molar-refractivity contribution in [3.05, 3.63) is 143 Å². The molecule has 10 heteroatoms. The van der Waals surface area contributed by atoms with Gasteiger partial charge in [-0.3, -0.25) is 9.59 Å². The molecule has 4 aromatic carbocycles. The van der Waals surface area contributed by atoms with Gasteiger partial charge >= 0.3 is 5.63 Å². The van der Waals surface area contributed by atoms with E-state index in [4.69, 9.17) is 9.52 Å². The molecule has 0 spiro atoms. The molecule has 10 nitrogen and oxygen atoms in total. The molecule has 0 saturated carbocycles. The van der Waals surface area contributed by atoms with Gasteiger partial charge in [-0.1, -0.05) is 72.8 Å². The number of nitrogens with one attached hydrogen (secondary N) is 2. The third-order valence-electron chi connectivity index (χ3n) is 7.11. The second kappa shape index (κ2) is 13.6. The summed E-state index contributed by atoms with van der Waals surface area (Å²) in [5.74, 6) is -0.457. The van der Waals surface area contributed by atoms with Crippen LogP contribution in [-0.2, 0) is 0 Å². The summed E-state index contributed by atoms with van der Waals surface area (Å²) in [6, 6.07) is 33.6. The Labute approximate surface area is 262 Å². The standard InChI is InChI=1S/C19H17N3O3.C17H10N2O2/c23-12-11-21-19(25)17-16(9-4-10-20-17)22-18(24)15-8-3-6-13-5-1-2-7-14(13)15;20-17-15-14(9-4-10-18-15)19-16(21-17)13-8-3-6-11-5-1-2-7-12(11)13/h1-10,23H,11-12H2,(H,21,25)(H,22,24);1-10H. The summed E-state index contributed by atoms with van der Waals surface area (Å²) in [6.45, 7) is -0.0532. The van der Waals surface area contributed by atoms with Crippen LogP contribution in [0.25, 0.3) is 44.0 Å². The fourth-order valence-electron chi connectivity index (χ4n) is 4.99. The van der Waals surface area contributed by atoms with E-state index in [1.807, 2.05) is 78.9 Å². The van der Waals surface area contributed by atoms with Crippen LogP contribution in [0.5, 0.6) is 0 Å². The lowest BCUT2D eigenvalue weighted by Gasteiger charge is -2.11. The monoisotopic (exact) mass is 609 g/mol. The molecular weight excluding hydrogens is 582 g/mol. The highest BCUT2D eigenvalue weighted by Gasteiger charge is 2.17. The smallest absolute Gasteiger partial charge is 0.365 e.